The number of fused-ring (bicyclic) bond motifs is 4. The van der Waals surface area contributed by atoms with E-state index in [1.165, 1.54) is 12.1 Å². The molecule has 3 aromatic rings. The van der Waals surface area contributed by atoms with E-state index in [0.717, 1.165) is 22.3 Å². The number of nitrogens with zero attached hydrogens (tertiary/aromatic N) is 1. The van der Waals surface area contributed by atoms with Crippen molar-refractivity contribution in [2.45, 2.75) is 32.2 Å². The van der Waals surface area contributed by atoms with Crippen molar-refractivity contribution >= 4 is 23.9 Å². The number of carbonyl (C=O) groups is 4. The summed E-state index contributed by atoms with van der Waals surface area (Å²) in [5, 5.41) is 3.03. The number of imide groups is 1. The summed E-state index contributed by atoms with van der Waals surface area (Å²) in [5.74, 6) is -2.85. The molecule has 8 heteroatoms. The van der Waals surface area contributed by atoms with Crippen LogP contribution in [0.25, 0.3) is 11.1 Å². The van der Waals surface area contributed by atoms with Gasteiger partial charge in [0.25, 0.3) is 11.8 Å². The summed E-state index contributed by atoms with van der Waals surface area (Å²) in [6, 6.07) is 21.1. The van der Waals surface area contributed by atoms with Crippen LogP contribution in [0.2, 0.25) is 0 Å². The summed E-state index contributed by atoms with van der Waals surface area (Å²) in [6.07, 6.45) is -0.252. The van der Waals surface area contributed by atoms with Crippen molar-refractivity contribution in [1.82, 2.24) is 10.4 Å². The van der Waals surface area contributed by atoms with Crippen molar-refractivity contribution in [2.24, 2.45) is 5.92 Å². The number of amides is 3. The Hall–Kier alpha value is -4.46. The number of rotatable bonds is 7. The van der Waals surface area contributed by atoms with E-state index in [4.69, 9.17) is 9.57 Å². The zero-order valence-electron chi connectivity index (χ0n) is 20.5. The molecule has 0 aromatic heterocycles. The van der Waals surface area contributed by atoms with Crippen molar-refractivity contribution in [3.8, 4) is 11.1 Å². The van der Waals surface area contributed by atoms with Crippen molar-refractivity contribution in [1.29, 1.82) is 0 Å². The molecule has 1 aliphatic heterocycles. The van der Waals surface area contributed by atoms with Crippen LogP contribution >= 0.6 is 0 Å². The third-order valence-corrected chi connectivity index (χ3v) is 7.02. The smallest absolute Gasteiger partial charge is 0.407 e. The first-order valence-corrected chi connectivity index (χ1v) is 12.2. The van der Waals surface area contributed by atoms with Gasteiger partial charge >= 0.3 is 12.1 Å². The van der Waals surface area contributed by atoms with Crippen LogP contribution in [0.3, 0.4) is 0 Å². The number of nitrogens with one attached hydrogen (secondary N) is 1. The lowest BCUT2D eigenvalue weighted by atomic mass is 9.98. The average Bonchev–Trinajstić information content (AvgIpc) is 3.37. The Morgan fingerprint density at radius 1 is 0.838 bits per heavy atom. The van der Waals surface area contributed by atoms with Gasteiger partial charge in [-0.3, -0.25) is 9.59 Å². The van der Waals surface area contributed by atoms with Crippen LogP contribution in [0, 0.1) is 5.92 Å². The first kappa shape index (κ1) is 24.2. The minimum atomic E-state index is -1.12. The second-order valence-electron chi connectivity index (χ2n) is 9.19. The van der Waals surface area contributed by atoms with Crippen molar-refractivity contribution in [2.75, 3.05) is 6.61 Å². The van der Waals surface area contributed by atoms with Gasteiger partial charge < -0.3 is 14.9 Å². The zero-order valence-corrected chi connectivity index (χ0v) is 20.5. The van der Waals surface area contributed by atoms with Gasteiger partial charge in [-0.1, -0.05) is 86.0 Å². The fraction of sp³-hybridized carbons (Fsp3) is 0.241. The molecule has 0 saturated heterocycles. The summed E-state index contributed by atoms with van der Waals surface area (Å²) in [7, 11) is 0. The van der Waals surface area contributed by atoms with Gasteiger partial charge in [0.15, 0.2) is 0 Å². The maximum atomic E-state index is 13.0. The van der Waals surface area contributed by atoms with Gasteiger partial charge in [-0.2, -0.15) is 0 Å². The van der Waals surface area contributed by atoms with E-state index in [9.17, 15) is 19.2 Å². The molecule has 0 bridgehead atoms. The molecule has 0 spiro atoms. The summed E-state index contributed by atoms with van der Waals surface area (Å²) in [4.78, 5) is 56.2. The first-order chi connectivity index (χ1) is 17.9. The largest absolute Gasteiger partial charge is 0.449 e. The topological polar surface area (TPSA) is 102 Å². The van der Waals surface area contributed by atoms with E-state index in [0.29, 0.717) is 11.5 Å². The molecule has 5 rings (SSSR count). The molecule has 1 heterocycles. The third-order valence-electron chi connectivity index (χ3n) is 7.02. The zero-order chi connectivity index (χ0) is 26.1. The van der Waals surface area contributed by atoms with Crippen molar-refractivity contribution < 1.29 is 28.8 Å². The van der Waals surface area contributed by atoms with Gasteiger partial charge in [0.05, 0.1) is 11.1 Å². The molecule has 0 saturated carbocycles. The molecule has 1 aliphatic carbocycles. The highest BCUT2D eigenvalue weighted by Gasteiger charge is 2.41. The van der Waals surface area contributed by atoms with Gasteiger partial charge in [-0.15, -0.1) is 0 Å². The molecule has 2 atom stereocenters. The Balaban J connectivity index is 1.26. The molecule has 0 fully saturated rings. The minimum absolute atomic E-state index is 0.0839. The Morgan fingerprint density at radius 3 is 1.84 bits per heavy atom. The maximum absolute atomic E-state index is 13.0. The van der Waals surface area contributed by atoms with Gasteiger partial charge in [0, 0.05) is 5.92 Å². The highest BCUT2D eigenvalue weighted by molar-refractivity contribution is 6.21. The molecule has 1 N–H and O–H groups in total. The van der Waals surface area contributed by atoms with Crippen LogP contribution in [0.1, 0.15) is 58.0 Å². The second-order valence-corrected chi connectivity index (χ2v) is 9.19. The fourth-order valence-electron chi connectivity index (χ4n) is 4.83. The molecular weight excluding hydrogens is 472 g/mol. The van der Waals surface area contributed by atoms with Crippen LogP contribution in [0.15, 0.2) is 72.8 Å². The molecule has 8 nitrogen and oxygen atoms in total. The molecular formula is C29H26N2O6. The summed E-state index contributed by atoms with van der Waals surface area (Å²) < 4.78 is 5.57. The number of benzene rings is 3. The van der Waals surface area contributed by atoms with Gasteiger partial charge in [-0.05, 0) is 40.3 Å². The van der Waals surface area contributed by atoms with Gasteiger partial charge in [0.2, 0.25) is 0 Å². The molecule has 188 valence electrons. The minimum Gasteiger partial charge on any atom is -0.449 e. The highest BCUT2D eigenvalue weighted by atomic mass is 16.7. The van der Waals surface area contributed by atoms with Crippen LogP contribution in [0.4, 0.5) is 4.79 Å². The quantitative estimate of drug-likeness (QED) is 0.474. The Kier molecular flexibility index (Phi) is 6.48. The highest BCUT2D eigenvalue weighted by Crippen LogP contribution is 2.44. The lowest BCUT2D eigenvalue weighted by molar-refractivity contribution is -0.172. The number of hydroxylamine groups is 2. The van der Waals surface area contributed by atoms with E-state index in [1.54, 1.807) is 19.1 Å². The Morgan fingerprint density at radius 2 is 1.32 bits per heavy atom. The van der Waals surface area contributed by atoms with Crippen LogP contribution in [0.5, 0.6) is 0 Å². The van der Waals surface area contributed by atoms with E-state index in [2.05, 4.69) is 5.32 Å². The fourth-order valence-corrected chi connectivity index (χ4v) is 4.83. The molecule has 37 heavy (non-hydrogen) atoms. The van der Waals surface area contributed by atoms with Gasteiger partial charge in [0.1, 0.15) is 12.6 Å². The molecule has 3 amide bonds. The normalized spacial score (nSPS) is 15.5. The Bertz CT molecular complexity index is 1320. The number of carbonyl (C=O) groups excluding carboxylic acids is 4. The summed E-state index contributed by atoms with van der Waals surface area (Å²) in [5.41, 5.74) is 4.66. The lowest BCUT2D eigenvalue weighted by Crippen LogP contribution is -2.49. The molecule has 0 radical (unpaired) electrons. The van der Waals surface area contributed by atoms with Crippen molar-refractivity contribution in [3.05, 3.63) is 95.1 Å². The number of alkyl carbamates (subject to hydrolysis) is 1. The lowest BCUT2D eigenvalue weighted by Gasteiger charge is -2.24. The first-order valence-electron chi connectivity index (χ1n) is 12.2. The van der Waals surface area contributed by atoms with Crippen molar-refractivity contribution in [3.63, 3.8) is 0 Å². The van der Waals surface area contributed by atoms with E-state index < -0.39 is 29.9 Å². The van der Waals surface area contributed by atoms with Crippen LogP contribution in [-0.4, -0.2) is 41.6 Å². The standard InChI is InChI=1S/C29H26N2O6/c1-3-17(2)25(28(34)37-31-26(32)22-14-8-9-15-23(22)27(31)33)30-29(35)36-16-24-20-12-6-4-10-18(20)19-11-5-7-13-21(19)24/h4-15,17,24-25H,3,16H2,1-2H3,(H,30,35)/t17-,25-/m0/s1. The van der Waals surface area contributed by atoms with E-state index >= 15 is 0 Å². The monoisotopic (exact) mass is 498 g/mol. The average molecular weight is 499 g/mol. The van der Waals surface area contributed by atoms with Crippen LogP contribution in [-0.2, 0) is 14.4 Å². The summed E-state index contributed by atoms with van der Waals surface area (Å²) in [6.45, 7) is 3.70. The molecule has 2 aliphatic rings. The number of hydrogen-bond acceptors (Lipinski definition) is 6. The molecule has 0 unspecified atom stereocenters. The van der Waals surface area contributed by atoms with Crippen LogP contribution < -0.4 is 5.32 Å². The SMILES string of the molecule is CC[C@H](C)[C@H](NC(=O)OCC1c2ccccc2-c2ccccc21)C(=O)ON1C(=O)c2ccccc2C1=O. The summed E-state index contributed by atoms with van der Waals surface area (Å²) >= 11 is 0. The predicted octanol–water partition coefficient (Wildman–Crippen LogP) is 4.69. The second kappa shape index (κ2) is 9.89. The number of ether oxygens (including phenoxy) is 1. The van der Waals surface area contributed by atoms with E-state index in [-0.39, 0.29) is 29.6 Å². The number of hydrogen-bond donors (Lipinski definition) is 1. The van der Waals surface area contributed by atoms with E-state index in [1.807, 2.05) is 55.5 Å². The Labute approximate surface area is 214 Å². The maximum Gasteiger partial charge on any atom is 0.407 e. The third kappa shape index (κ3) is 4.35. The van der Waals surface area contributed by atoms with Gasteiger partial charge in [-0.25, -0.2) is 9.59 Å². The predicted molar refractivity (Wildman–Crippen MR) is 134 cm³/mol. The molecule has 3 aromatic carbocycles.